The Balaban J connectivity index is 1.53. The SMILES string of the molecule is CCc1ccc(C(=O)COC(=O)CN2C(=O)NC3(CCCC3)C2=O)cc1. The highest BCUT2D eigenvalue weighted by molar-refractivity contribution is 6.09. The van der Waals surface area contributed by atoms with Crippen molar-refractivity contribution in [2.75, 3.05) is 13.2 Å². The van der Waals surface area contributed by atoms with Gasteiger partial charge in [-0.05, 0) is 24.8 Å². The summed E-state index contributed by atoms with van der Waals surface area (Å²) >= 11 is 0. The number of esters is 1. The second kappa shape index (κ2) is 7.27. The molecular formula is C19H22N2O5. The van der Waals surface area contributed by atoms with Crippen LogP contribution in [0.2, 0.25) is 0 Å². The van der Waals surface area contributed by atoms with Gasteiger partial charge in [0.1, 0.15) is 12.1 Å². The van der Waals surface area contributed by atoms with Crippen LogP contribution in [0.5, 0.6) is 0 Å². The molecule has 2 aliphatic rings. The maximum absolute atomic E-state index is 12.5. The highest BCUT2D eigenvalue weighted by Gasteiger charge is 2.52. The summed E-state index contributed by atoms with van der Waals surface area (Å²) in [5, 5.41) is 2.70. The number of carbonyl (C=O) groups is 4. The molecule has 1 aliphatic heterocycles. The van der Waals surface area contributed by atoms with E-state index in [1.54, 1.807) is 12.1 Å². The van der Waals surface area contributed by atoms with Crippen LogP contribution in [0.25, 0.3) is 0 Å². The average Bonchev–Trinajstić information content (AvgIpc) is 3.20. The summed E-state index contributed by atoms with van der Waals surface area (Å²) < 4.78 is 4.96. The van der Waals surface area contributed by atoms with Crippen LogP contribution in [0.15, 0.2) is 24.3 Å². The molecule has 1 saturated heterocycles. The van der Waals surface area contributed by atoms with Gasteiger partial charge in [0.25, 0.3) is 5.91 Å². The number of nitrogens with zero attached hydrogens (tertiary/aromatic N) is 1. The Labute approximate surface area is 151 Å². The van der Waals surface area contributed by atoms with E-state index in [2.05, 4.69) is 5.32 Å². The number of hydrogen-bond donors (Lipinski definition) is 1. The summed E-state index contributed by atoms with van der Waals surface area (Å²) in [5.74, 6) is -1.48. The molecule has 7 nitrogen and oxygen atoms in total. The Hall–Kier alpha value is -2.70. The number of aryl methyl sites for hydroxylation is 1. The lowest BCUT2D eigenvalue weighted by Gasteiger charge is -2.19. The summed E-state index contributed by atoms with van der Waals surface area (Å²) in [6.45, 7) is 1.12. The molecule has 1 aromatic rings. The lowest BCUT2D eigenvalue weighted by molar-refractivity contribution is -0.146. The van der Waals surface area contributed by atoms with Crippen LogP contribution in [-0.2, 0) is 20.7 Å². The van der Waals surface area contributed by atoms with Crippen molar-refractivity contribution in [3.63, 3.8) is 0 Å². The normalized spacial score (nSPS) is 18.3. The number of Topliss-reactive ketones (excluding diaryl/α,β-unsaturated/α-hetero) is 1. The molecule has 1 aromatic carbocycles. The van der Waals surface area contributed by atoms with Crippen molar-refractivity contribution in [3.8, 4) is 0 Å². The van der Waals surface area contributed by atoms with Crippen LogP contribution in [0.4, 0.5) is 4.79 Å². The van der Waals surface area contributed by atoms with Crippen molar-refractivity contribution in [3.05, 3.63) is 35.4 Å². The molecule has 0 radical (unpaired) electrons. The van der Waals surface area contributed by atoms with Gasteiger partial charge in [-0.25, -0.2) is 4.79 Å². The fourth-order valence-electron chi connectivity index (χ4n) is 3.47. The molecule has 3 amide bonds. The molecule has 1 spiro atoms. The zero-order chi connectivity index (χ0) is 18.7. The van der Waals surface area contributed by atoms with Crippen molar-refractivity contribution in [2.24, 2.45) is 0 Å². The molecule has 26 heavy (non-hydrogen) atoms. The zero-order valence-electron chi connectivity index (χ0n) is 14.7. The standard InChI is InChI=1S/C19H22N2O5/c1-2-13-5-7-14(8-6-13)15(22)12-26-16(23)11-21-17(24)19(20-18(21)25)9-3-4-10-19/h5-8H,2-4,9-12H2,1H3,(H,20,25). The topological polar surface area (TPSA) is 92.8 Å². The summed E-state index contributed by atoms with van der Waals surface area (Å²) in [6.07, 6.45) is 3.80. The summed E-state index contributed by atoms with van der Waals surface area (Å²) in [5.41, 5.74) is 0.710. The maximum Gasteiger partial charge on any atom is 0.326 e. The number of hydrogen-bond acceptors (Lipinski definition) is 5. The van der Waals surface area contributed by atoms with Gasteiger partial charge >= 0.3 is 12.0 Å². The van der Waals surface area contributed by atoms with Gasteiger partial charge < -0.3 is 10.1 Å². The molecule has 3 rings (SSSR count). The van der Waals surface area contributed by atoms with E-state index in [1.165, 1.54) is 0 Å². The number of ketones is 1. The van der Waals surface area contributed by atoms with Crippen molar-refractivity contribution < 1.29 is 23.9 Å². The van der Waals surface area contributed by atoms with Crippen molar-refractivity contribution >= 4 is 23.7 Å². The number of urea groups is 1. The fourth-order valence-corrected chi connectivity index (χ4v) is 3.47. The summed E-state index contributed by atoms with van der Waals surface area (Å²) in [6, 6.07) is 6.51. The van der Waals surface area contributed by atoms with Crippen molar-refractivity contribution in [1.29, 1.82) is 0 Å². The van der Waals surface area contributed by atoms with Crippen molar-refractivity contribution in [2.45, 2.75) is 44.6 Å². The average molecular weight is 358 g/mol. The van der Waals surface area contributed by atoms with Crippen LogP contribution in [0, 0.1) is 0 Å². The molecule has 2 fully saturated rings. The van der Waals surface area contributed by atoms with Gasteiger partial charge in [-0.3, -0.25) is 19.3 Å². The molecule has 1 N–H and O–H groups in total. The fraction of sp³-hybridized carbons (Fsp3) is 0.474. The molecule has 1 saturated carbocycles. The smallest absolute Gasteiger partial charge is 0.326 e. The summed E-state index contributed by atoms with van der Waals surface area (Å²) in [7, 11) is 0. The second-order valence-electron chi connectivity index (χ2n) is 6.75. The first kappa shape index (κ1) is 18.1. The minimum absolute atomic E-state index is 0.328. The first-order valence-corrected chi connectivity index (χ1v) is 8.87. The molecule has 0 bridgehead atoms. The van der Waals surface area contributed by atoms with Crippen LogP contribution >= 0.6 is 0 Å². The van der Waals surface area contributed by atoms with Gasteiger partial charge in [0.05, 0.1) is 0 Å². The molecule has 0 aromatic heterocycles. The largest absolute Gasteiger partial charge is 0.456 e. The van der Waals surface area contributed by atoms with Gasteiger partial charge in [-0.1, -0.05) is 44.0 Å². The highest BCUT2D eigenvalue weighted by Crippen LogP contribution is 2.34. The number of imide groups is 1. The van der Waals surface area contributed by atoms with E-state index in [4.69, 9.17) is 4.74 Å². The third-order valence-electron chi connectivity index (χ3n) is 5.04. The minimum atomic E-state index is -0.853. The van der Waals surface area contributed by atoms with E-state index in [9.17, 15) is 19.2 Å². The first-order valence-electron chi connectivity index (χ1n) is 8.87. The predicted molar refractivity (Wildman–Crippen MR) is 92.6 cm³/mol. The first-order chi connectivity index (χ1) is 12.4. The molecule has 0 atom stereocenters. The third kappa shape index (κ3) is 3.47. The van der Waals surface area contributed by atoms with Gasteiger partial charge in [-0.15, -0.1) is 0 Å². The van der Waals surface area contributed by atoms with Gasteiger partial charge in [-0.2, -0.15) is 0 Å². The Bertz CT molecular complexity index is 735. The molecular weight excluding hydrogens is 336 g/mol. The van der Waals surface area contributed by atoms with E-state index < -0.39 is 30.7 Å². The predicted octanol–water partition coefficient (Wildman–Crippen LogP) is 1.84. The number of nitrogens with one attached hydrogen (secondary N) is 1. The Kier molecular flexibility index (Phi) is 5.06. The lowest BCUT2D eigenvalue weighted by Crippen LogP contribution is -2.44. The molecule has 0 unspecified atom stereocenters. The quantitative estimate of drug-likeness (QED) is 0.476. The molecule has 138 valence electrons. The zero-order valence-corrected chi connectivity index (χ0v) is 14.7. The van der Waals surface area contributed by atoms with E-state index in [-0.39, 0.29) is 11.7 Å². The maximum atomic E-state index is 12.5. The highest BCUT2D eigenvalue weighted by atomic mass is 16.5. The molecule has 1 heterocycles. The van der Waals surface area contributed by atoms with Crippen LogP contribution in [0.3, 0.4) is 0 Å². The third-order valence-corrected chi connectivity index (χ3v) is 5.04. The Morgan fingerprint density at radius 1 is 1.15 bits per heavy atom. The second-order valence-corrected chi connectivity index (χ2v) is 6.75. The number of amides is 3. The summed E-state index contributed by atoms with van der Waals surface area (Å²) in [4.78, 5) is 49.4. The van der Waals surface area contributed by atoms with Gasteiger partial charge in [0.15, 0.2) is 12.4 Å². The van der Waals surface area contributed by atoms with E-state index in [0.29, 0.717) is 18.4 Å². The van der Waals surface area contributed by atoms with E-state index in [0.717, 1.165) is 29.7 Å². The lowest BCUT2D eigenvalue weighted by atomic mass is 9.98. The number of benzene rings is 1. The van der Waals surface area contributed by atoms with Crippen molar-refractivity contribution in [1.82, 2.24) is 10.2 Å². The molecule has 1 aliphatic carbocycles. The van der Waals surface area contributed by atoms with Gasteiger partial charge in [0.2, 0.25) is 0 Å². The Morgan fingerprint density at radius 2 is 1.81 bits per heavy atom. The van der Waals surface area contributed by atoms with Crippen LogP contribution in [0.1, 0.15) is 48.5 Å². The number of carbonyl (C=O) groups excluding carboxylic acids is 4. The van der Waals surface area contributed by atoms with Crippen LogP contribution < -0.4 is 5.32 Å². The van der Waals surface area contributed by atoms with E-state index in [1.807, 2.05) is 19.1 Å². The number of ether oxygens (including phenoxy) is 1. The Morgan fingerprint density at radius 3 is 2.42 bits per heavy atom. The van der Waals surface area contributed by atoms with E-state index >= 15 is 0 Å². The minimum Gasteiger partial charge on any atom is -0.456 e. The number of rotatable bonds is 6. The van der Waals surface area contributed by atoms with Crippen LogP contribution in [-0.4, -0.2) is 47.3 Å². The van der Waals surface area contributed by atoms with Gasteiger partial charge in [0, 0.05) is 5.56 Å². The monoisotopic (exact) mass is 358 g/mol. The molecule has 7 heteroatoms.